The van der Waals surface area contributed by atoms with E-state index < -0.39 is 0 Å². The van der Waals surface area contributed by atoms with Gasteiger partial charge in [-0.05, 0) is 35.7 Å². The van der Waals surface area contributed by atoms with Crippen molar-refractivity contribution in [3.63, 3.8) is 0 Å². The Hall–Kier alpha value is -2.48. The predicted molar refractivity (Wildman–Crippen MR) is 75.1 cm³/mol. The number of hydrogen-bond acceptors (Lipinski definition) is 0. The molecule has 2 aromatic heterocycles. The summed E-state index contributed by atoms with van der Waals surface area (Å²) in [6.45, 7) is 0. The van der Waals surface area contributed by atoms with Crippen LogP contribution in [-0.2, 0) is 0 Å². The summed E-state index contributed by atoms with van der Waals surface area (Å²) in [5.74, 6) is 0. The maximum Gasteiger partial charge on any atom is 0.0549 e. The number of nitrogens with zero attached hydrogens (tertiary/aromatic N) is 1. The first kappa shape index (κ1) is 9.54. The number of aromatic nitrogens is 2. The van der Waals surface area contributed by atoms with E-state index in [2.05, 4.69) is 70.3 Å². The van der Waals surface area contributed by atoms with Crippen molar-refractivity contribution in [3.8, 4) is 5.69 Å². The number of benzene rings is 2. The van der Waals surface area contributed by atoms with Gasteiger partial charge in [0.1, 0.15) is 0 Å². The molecule has 0 fully saturated rings. The van der Waals surface area contributed by atoms with Gasteiger partial charge in [-0.15, -0.1) is 0 Å². The van der Waals surface area contributed by atoms with E-state index in [9.17, 15) is 0 Å². The van der Waals surface area contributed by atoms with Crippen LogP contribution in [0.3, 0.4) is 0 Å². The fourth-order valence-corrected chi connectivity index (χ4v) is 2.57. The summed E-state index contributed by atoms with van der Waals surface area (Å²) in [5, 5.41) is 2.52. The van der Waals surface area contributed by atoms with E-state index in [0.717, 1.165) is 0 Å². The van der Waals surface area contributed by atoms with E-state index >= 15 is 0 Å². The van der Waals surface area contributed by atoms with Crippen LogP contribution in [0.25, 0.3) is 27.5 Å². The number of aromatic amines is 1. The topological polar surface area (TPSA) is 20.7 Å². The van der Waals surface area contributed by atoms with Gasteiger partial charge in [0.2, 0.25) is 0 Å². The lowest BCUT2D eigenvalue weighted by Gasteiger charge is -2.07. The smallest absolute Gasteiger partial charge is 0.0549 e. The molecule has 1 N–H and O–H groups in total. The van der Waals surface area contributed by atoms with Gasteiger partial charge in [-0.1, -0.05) is 24.3 Å². The van der Waals surface area contributed by atoms with Crippen molar-refractivity contribution in [2.75, 3.05) is 0 Å². The van der Waals surface area contributed by atoms with Crippen molar-refractivity contribution in [1.29, 1.82) is 0 Å². The van der Waals surface area contributed by atoms with Gasteiger partial charge in [-0.3, -0.25) is 0 Å². The van der Waals surface area contributed by atoms with Crippen LogP contribution >= 0.6 is 0 Å². The van der Waals surface area contributed by atoms with Gasteiger partial charge in [-0.2, -0.15) is 0 Å². The molecule has 0 aliphatic rings. The summed E-state index contributed by atoms with van der Waals surface area (Å²) in [7, 11) is 0. The molecule has 0 aliphatic heterocycles. The zero-order valence-electron chi connectivity index (χ0n) is 9.80. The molecular weight excluding hydrogens is 220 g/mol. The highest BCUT2D eigenvalue weighted by atomic mass is 15.0. The highest BCUT2D eigenvalue weighted by Gasteiger charge is 2.06. The number of fused-ring (bicyclic) bond motifs is 2. The van der Waals surface area contributed by atoms with Crippen molar-refractivity contribution in [1.82, 2.24) is 9.55 Å². The molecule has 2 heterocycles. The predicted octanol–water partition coefficient (Wildman–Crippen LogP) is 4.11. The van der Waals surface area contributed by atoms with Crippen molar-refractivity contribution < 1.29 is 0 Å². The van der Waals surface area contributed by atoms with E-state index in [1.54, 1.807) is 0 Å². The lowest BCUT2D eigenvalue weighted by Crippen LogP contribution is -1.91. The van der Waals surface area contributed by atoms with Gasteiger partial charge in [-0.25, -0.2) is 0 Å². The fraction of sp³-hybridized carbons (Fsp3) is 0. The van der Waals surface area contributed by atoms with E-state index in [0.29, 0.717) is 0 Å². The molecule has 0 saturated heterocycles. The molecule has 18 heavy (non-hydrogen) atoms. The highest BCUT2D eigenvalue weighted by Crippen LogP contribution is 2.26. The number of nitrogens with one attached hydrogen (secondary N) is 1. The zero-order chi connectivity index (χ0) is 11.9. The first-order valence-corrected chi connectivity index (χ1v) is 6.06. The second-order valence-electron chi connectivity index (χ2n) is 4.46. The normalized spacial score (nSPS) is 11.3. The summed E-state index contributed by atoms with van der Waals surface area (Å²) in [6.07, 6.45) is 4.12. The highest BCUT2D eigenvalue weighted by molar-refractivity contribution is 5.91. The van der Waals surface area contributed by atoms with Crippen LogP contribution in [0.4, 0.5) is 0 Å². The van der Waals surface area contributed by atoms with Gasteiger partial charge < -0.3 is 9.55 Å². The van der Waals surface area contributed by atoms with Crippen molar-refractivity contribution >= 4 is 21.8 Å². The minimum Gasteiger partial charge on any atom is -0.361 e. The third kappa shape index (κ3) is 1.23. The summed E-state index contributed by atoms with van der Waals surface area (Å²) in [4.78, 5) is 3.26. The maximum atomic E-state index is 3.26. The standard InChI is InChI=1S/C16H12N2/c1-2-6-15-12(4-1)9-11-18(15)16-7-3-5-14-13(16)8-10-17-14/h1-11,17H. The van der Waals surface area contributed by atoms with E-state index in [1.807, 2.05) is 6.20 Å². The molecule has 0 amide bonds. The Morgan fingerprint density at radius 2 is 1.78 bits per heavy atom. The average molecular weight is 232 g/mol. The Bertz CT molecular complexity index is 836. The minimum absolute atomic E-state index is 1.17. The lowest BCUT2D eigenvalue weighted by atomic mass is 10.2. The molecule has 4 aromatic rings. The Morgan fingerprint density at radius 3 is 2.78 bits per heavy atom. The van der Waals surface area contributed by atoms with Crippen molar-refractivity contribution in [2.24, 2.45) is 0 Å². The van der Waals surface area contributed by atoms with E-state index in [-0.39, 0.29) is 0 Å². The second-order valence-corrected chi connectivity index (χ2v) is 4.46. The van der Waals surface area contributed by atoms with Crippen LogP contribution in [0.2, 0.25) is 0 Å². The lowest BCUT2D eigenvalue weighted by molar-refractivity contribution is 1.14. The molecule has 0 radical (unpaired) electrons. The summed E-state index contributed by atoms with van der Waals surface area (Å²) in [5.41, 5.74) is 3.63. The summed E-state index contributed by atoms with van der Waals surface area (Å²) < 4.78 is 2.24. The molecule has 2 aromatic carbocycles. The van der Waals surface area contributed by atoms with Crippen molar-refractivity contribution in [2.45, 2.75) is 0 Å². The van der Waals surface area contributed by atoms with Crippen LogP contribution in [0.1, 0.15) is 0 Å². The zero-order valence-corrected chi connectivity index (χ0v) is 9.80. The van der Waals surface area contributed by atoms with Crippen LogP contribution in [0, 0.1) is 0 Å². The van der Waals surface area contributed by atoms with Crippen LogP contribution in [0.5, 0.6) is 0 Å². The van der Waals surface area contributed by atoms with Gasteiger partial charge in [0.05, 0.1) is 11.2 Å². The molecule has 0 spiro atoms. The Morgan fingerprint density at radius 1 is 0.833 bits per heavy atom. The maximum absolute atomic E-state index is 3.26. The van der Waals surface area contributed by atoms with E-state index in [4.69, 9.17) is 0 Å². The largest absolute Gasteiger partial charge is 0.361 e. The third-order valence-electron chi connectivity index (χ3n) is 3.43. The fourth-order valence-electron chi connectivity index (χ4n) is 2.57. The molecule has 2 nitrogen and oxygen atoms in total. The van der Waals surface area contributed by atoms with Crippen LogP contribution in [0.15, 0.2) is 67.0 Å². The van der Waals surface area contributed by atoms with Gasteiger partial charge >= 0.3 is 0 Å². The molecule has 86 valence electrons. The first-order chi connectivity index (χ1) is 8.93. The quantitative estimate of drug-likeness (QED) is 0.510. The number of rotatable bonds is 1. The molecule has 0 atom stereocenters. The molecule has 2 heteroatoms. The SMILES string of the molecule is c1ccc2c(c1)ccn2-c1cccc2[nH]ccc12. The molecule has 0 bridgehead atoms. The molecule has 0 saturated carbocycles. The Balaban J connectivity index is 2.10. The Labute approximate surface area is 104 Å². The molecule has 0 unspecified atom stereocenters. The minimum atomic E-state index is 1.17. The van der Waals surface area contributed by atoms with Gasteiger partial charge in [0.15, 0.2) is 0 Å². The van der Waals surface area contributed by atoms with E-state index in [1.165, 1.54) is 27.5 Å². The van der Waals surface area contributed by atoms with Gasteiger partial charge in [0, 0.05) is 23.3 Å². The molecule has 0 aliphatic carbocycles. The number of para-hydroxylation sites is 1. The van der Waals surface area contributed by atoms with Gasteiger partial charge in [0.25, 0.3) is 0 Å². The molecule has 4 rings (SSSR count). The van der Waals surface area contributed by atoms with Crippen molar-refractivity contribution in [3.05, 3.63) is 67.0 Å². The summed E-state index contributed by atoms with van der Waals surface area (Å²) in [6, 6.07) is 19.1. The first-order valence-electron chi connectivity index (χ1n) is 6.06. The number of hydrogen-bond donors (Lipinski definition) is 1. The number of H-pyrrole nitrogens is 1. The average Bonchev–Trinajstić information content (AvgIpc) is 3.05. The molecular formula is C16H12N2. The Kier molecular flexibility index (Phi) is 1.86. The van der Waals surface area contributed by atoms with Crippen LogP contribution < -0.4 is 0 Å². The monoisotopic (exact) mass is 232 g/mol. The third-order valence-corrected chi connectivity index (χ3v) is 3.43. The van der Waals surface area contributed by atoms with Crippen LogP contribution in [-0.4, -0.2) is 9.55 Å². The second kappa shape index (κ2) is 3.50. The summed E-state index contributed by atoms with van der Waals surface area (Å²) >= 11 is 0.